The van der Waals surface area contributed by atoms with Crippen molar-refractivity contribution in [3.8, 4) is 0 Å². The molecule has 0 bridgehead atoms. The van der Waals surface area contributed by atoms with Gasteiger partial charge in [-0.3, -0.25) is 4.99 Å². The van der Waals surface area contributed by atoms with Gasteiger partial charge in [-0.2, -0.15) is 4.98 Å². The summed E-state index contributed by atoms with van der Waals surface area (Å²) >= 11 is 0. The average molecular weight is 194 g/mol. The maximum Gasteiger partial charge on any atom is 0.248 e. The van der Waals surface area contributed by atoms with Crippen molar-refractivity contribution in [3.05, 3.63) is 11.7 Å². The minimum atomic E-state index is 0.470. The number of hydrogen-bond acceptors (Lipinski definition) is 4. The highest BCUT2D eigenvalue weighted by molar-refractivity contribution is 5.53. The second kappa shape index (κ2) is 3.77. The third-order valence-electron chi connectivity index (χ3n) is 1.97. The van der Waals surface area contributed by atoms with E-state index in [-0.39, 0.29) is 0 Å². The van der Waals surface area contributed by atoms with Gasteiger partial charge in [0.2, 0.25) is 5.89 Å². The van der Waals surface area contributed by atoms with E-state index in [4.69, 9.17) is 4.52 Å². The van der Waals surface area contributed by atoms with Crippen LogP contribution in [0.15, 0.2) is 9.52 Å². The Kier molecular flexibility index (Phi) is 2.47. The van der Waals surface area contributed by atoms with Crippen LogP contribution in [0.4, 0.5) is 0 Å². The van der Waals surface area contributed by atoms with Gasteiger partial charge in [0, 0.05) is 20.0 Å². The fraction of sp³-hybridized carbons (Fsp3) is 0.667. The third-order valence-corrected chi connectivity index (χ3v) is 1.97. The lowest BCUT2D eigenvalue weighted by atomic mass is 10.4. The molecule has 1 aromatic heterocycles. The first kappa shape index (κ1) is 9.18. The van der Waals surface area contributed by atoms with Crippen LogP contribution in [0.1, 0.15) is 30.5 Å². The van der Waals surface area contributed by atoms with Gasteiger partial charge in [-0.1, -0.05) is 5.16 Å². The minimum Gasteiger partial charge on any atom is -0.369 e. The maximum atomic E-state index is 5.05. The van der Waals surface area contributed by atoms with E-state index in [0.29, 0.717) is 18.4 Å². The quantitative estimate of drug-likeness (QED) is 0.530. The molecular weight excluding hydrogens is 180 g/mol. The summed E-state index contributed by atoms with van der Waals surface area (Å²) in [7, 11) is 3.85. The molecule has 1 saturated carbocycles. The summed E-state index contributed by atoms with van der Waals surface area (Å²) in [6.07, 6.45) is 4.13. The van der Waals surface area contributed by atoms with Crippen molar-refractivity contribution in [2.45, 2.75) is 25.3 Å². The Balaban J connectivity index is 1.89. The lowest BCUT2D eigenvalue weighted by Gasteiger charge is -2.00. The van der Waals surface area contributed by atoms with Gasteiger partial charge >= 0.3 is 0 Å². The van der Waals surface area contributed by atoms with Crippen LogP contribution >= 0.6 is 0 Å². The van der Waals surface area contributed by atoms with E-state index in [2.05, 4.69) is 15.1 Å². The van der Waals surface area contributed by atoms with Crippen molar-refractivity contribution in [1.82, 2.24) is 15.0 Å². The van der Waals surface area contributed by atoms with E-state index in [1.54, 1.807) is 6.34 Å². The molecule has 1 aromatic rings. The number of rotatable bonds is 4. The summed E-state index contributed by atoms with van der Waals surface area (Å²) in [4.78, 5) is 10.3. The molecule has 5 nitrogen and oxygen atoms in total. The molecule has 0 atom stereocenters. The highest BCUT2D eigenvalue weighted by Crippen LogP contribution is 2.38. The first-order valence-corrected chi connectivity index (χ1v) is 4.74. The van der Waals surface area contributed by atoms with E-state index in [0.717, 1.165) is 5.82 Å². The fourth-order valence-electron chi connectivity index (χ4n) is 1.12. The normalized spacial score (nSPS) is 16.4. The summed E-state index contributed by atoms with van der Waals surface area (Å²) in [5.41, 5.74) is 0. The molecule has 0 unspecified atom stereocenters. The predicted octanol–water partition coefficient (Wildman–Crippen LogP) is 1.04. The third kappa shape index (κ3) is 2.31. The summed E-state index contributed by atoms with van der Waals surface area (Å²) < 4.78 is 5.05. The molecule has 0 amide bonds. The summed E-state index contributed by atoms with van der Waals surface area (Å²) in [5, 5.41) is 3.90. The number of nitrogens with zero attached hydrogens (tertiary/aromatic N) is 4. The van der Waals surface area contributed by atoms with Crippen LogP contribution in [0.2, 0.25) is 0 Å². The zero-order valence-corrected chi connectivity index (χ0v) is 8.47. The largest absolute Gasteiger partial charge is 0.369 e. The van der Waals surface area contributed by atoms with Crippen molar-refractivity contribution in [3.63, 3.8) is 0 Å². The van der Waals surface area contributed by atoms with Crippen LogP contribution in [0.5, 0.6) is 0 Å². The van der Waals surface area contributed by atoms with Crippen molar-refractivity contribution < 1.29 is 4.52 Å². The average Bonchev–Trinajstić information content (AvgIpc) is 2.87. The number of aromatic nitrogens is 2. The molecule has 1 aliphatic rings. The molecule has 2 rings (SSSR count). The molecule has 1 aliphatic carbocycles. The van der Waals surface area contributed by atoms with E-state index in [1.165, 1.54) is 12.8 Å². The zero-order valence-electron chi connectivity index (χ0n) is 8.47. The Morgan fingerprint density at radius 2 is 2.36 bits per heavy atom. The monoisotopic (exact) mass is 194 g/mol. The number of aliphatic imine (C=N–C) groups is 1. The number of hydrogen-bond donors (Lipinski definition) is 0. The Labute approximate surface area is 82.8 Å². The van der Waals surface area contributed by atoms with Crippen molar-refractivity contribution in [2.75, 3.05) is 14.1 Å². The van der Waals surface area contributed by atoms with Gasteiger partial charge in [0.15, 0.2) is 5.82 Å². The SMILES string of the molecule is CN(C)/C=N\Cc1nc(C2CC2)no1. The molecule has 0 aliphatic heterocycles. The Morgan fingerprint density at radius 3 is 3.00 bits per heavy atom. The zero-order chi connectivity index (χ0) is 9.97. The molecule has 0 aromatic carbocycles. The highest BCUT2D eigenvalue weighted by Gasteiger charge is 2.28. The van der Waals surface area contributed by atoms with Crippen LogP contribution in [0, 0.1) is 0 Å². The molecule has 14 heavy (non-hydrogen) atoms. The van der Waals surface area contributed by atoms with Crippen molar-refractivity contribution >= 4 is 6.34 Å². The molecule has 0 N–H and O–H groups in total. The van der Waals surface area contributed by atoms with E-state index >= 15 is 0 Å². The predicted molar refractivity (Wildman–Crippen MR) is 52.2 cm³/mol. The molecular formula is C9H14N4O. The topological polar surface area (TPSA) is 54.5 Å². The van der Waals surface area contributed by atoms with Crippen LogP contribution in [0.25, 0.3) is 0 Å². The standard InChI is InChI=1S/C9H14N4O/c1-13(2)6-10-5-8-11-9(12-14-8)7-3-4-7/h6-7H,3-5H2,1-2H3/b10-6-. The molecule has 76 valence electrons. The van der Waals surface area contributed by atoms with Crippen LogP contribution in [-0.4, -0.2) is 35.5 Å². The Morgan fingerprint density at radius 1 is 1.57 bits per heavy atom. The van der Waals surface area contributed by atoms with Crippen LogP contribution in [-0.2, 0) is 6.54 Å². The summed E-state index contributed by atoms with van der Waals surface area (Å²) in [5.74, 6) is 2.00. The highest BCUT2D eigenvalue weighted by atomic mass is 16.5. The molecule has 0 saturated heterocycles. The molecule has 5 heteroatoms. The van der Waals surface area contributed by atoms with E-state index in [1.807, 2.05) is 19.0 Å². The lowest BCUT2D eigenvalue weighted by molar-refractivity contribution is 0.375. The smallest absolute Gasteiger partial charge is 0.248 e. The van der Waals surface area contributed by atoms with Gasteiger partial charge < -0.3 is 9.42 Å². The Bertz CT molecular complexity index is 327. The van der Waals surface area contributed by atoms with E-state index in [9.17, 15) is 0 Å². The van der Waals surface area contributed by atoms with Crippen molar-refractivity contribution in [1.29, 1.82) is 0 Å². The first-order valence-electron chi connectivity index (χ1n) is 4.74. The molecule has 1 heterocycles. The van der Waals surface area contributed by atoms with Crippen LogP contribution in [0.3, 0.4) is 0 Å². The summed E-state index contributed by atoms with van der Waals surface area (Å²) in [6, 6.07) is 0. The van der Waals surface area contributed by atoms with E-state index < -0.39 is 0 Å². The van der Waals surface area contributed by atoms with Gasteiger partial charge in [0.1, 0.15) is 6.54 Å². The lowest BCUT2D eigenvalue weighted by Crippen LogP contribution is -2.07. The van der Waals surface area contributed by atoms with Gasteiger partial charge in [0.25, 0.3) is 0 Å². The van der Waals surface area contributed by atoms with Crippen LogP contribution < -0.4 is 0 Å². The Hall–Kier alpha value is -1.39. The molecule has 0 radical (unpaired) electrons. The fourth-order valence-corrected chi connectivity index (χ4v) is 1.12. The maximum absolute atomic E-state index is 5.05. The minimum absolute atomic E-state index is 0.470. The molecule has 1 fully saturated rings. The van der Waals surface area contributed by atoms with Gasteiger partial charge in [0.05, 0.1) is 6.34 Å². The van der Waals surface area contributed by atoms with Crippen molar-refractivity contribution in [2.24, 2.45) is 4.99 Å². The summed E-state index contributed by atoms with van der Waals surface area (Å²) in [6.45, 7) is 0.470. The molecule has 0 spiro atoms. The first-order chi connectivity index (χ1) is 6.75. The van der Waals surface area contributed by atoms with Gasteiger partial charge in [-0.25, -0.2) is 0 Å². The van der Waals surface area contributed by atoms with Gasteiger partial charge in [-0.05, 0) is 12.8 Å². The second-order valence-corrected chi connectivity index (χ2v) is 3.74. The second-order valence-electron chi connectivity index (χ2n) is 3.74. The van der Waals surface area contributed by atoms with Gasteiger partial charge in [-0.15, -0.1) is 0 Å².